The summed E-state index contributed by atoms with van der Waals surface area (Å²) < 4.78 is 29.2. The molecule has 0 aliphatic heterocycles. The first-order valence-electron chi connectivity index (χ1n) is 8.96. The van der Waals surface area contributed by atoms with E-state index in [-0.39, 0.29) is 29.4 Å². The van der Waals surface area contributed by atoms with Crippen LogP contribution < -0.4 is 10.6 Å². The highest BCUT2D eigenvalue weighted by Crippen LogP contribution is 2.27. The Bertz CT molecular complexity index is 1190. The minimum atomic E-state index is -1.03. The third-order valence-electron chi connectivity index (χ3n) is 4.37. The maximum atomic E-state index is 13.9. The summed E-state index contributed by atoms with van der Waals surface area (Å²) in [6.07, 6.45) is 1.90. The van der Waals surface area contributed by atoms with E-state index in [0.29, 0.717) is 30.0 Å². The van der Waals surface area contributed by atoms with Crippen LogP contribution in [0.1, 0.15) is 16.8 Å². The number of hydrogen-bond acceptors (Lipinski definition) is 5. The van der Waals surface area contributed by atoms with Crippen LogP contribution in [-0.2, 0) is 0 Å². The van der Waals surface area contributed by atoms with Crippen molar-refractivity contribution in [2.24, 2.45) is 0 Å². The molecule has 1 amide bonds. The lowest BCUT2D eigenvalue weighted by atomic mass is 10.2. The third-order valence-corrected chi connectivity index (χ3v) is 4.37. The van der Waals surface area contributed by atoms with Gasteiger partial charge in [-0.15, -0.1) is 0 Å². The van der Waals surface area contributed by atoms with Gasteiger partial charge >= 0.3 is 0 Å². The van der Waals surface area contributed by atoms with Crippen LogP contribution in [-0.4, -0.2) is 38.5 Å². The van der Waals surface area contributed by atoms with Crippen molar-refractivity contribution in [1.82, 2.24) is 14.4 Å². The molecule has 2 aromatic carbocycles. The lowest BCUT2D eigenvalue weighted by Gasteiger charge is -2.12. The first kappa shape index (κ1) is 18.8. The zero-order valence-corrected chi connectivity index (χ0v) is 15.2. The topological polar surface area (TPSA) is 91.5 Å². The number of benzene rings is 2. The normalized spacial score (nSPS) is 11.1. The molecule has 0 saturated heterocycles. The predicted octanol–water partition coefficient (Wildman–Crippen LogP) is 3.21. The number of aromatic nitrogens is 3. The number of nitrogens with one attached hydrogen (secondary N) is 2. The van der Waals surface area contributed by atoms with Crippen molar-refractivity contribution in [3.63, 3.8) is 0 Å². The molecule has 29 heavy (non-hydrogen) atoms. The van der Waals surface area contributed by atoms with Crippen LogP contribution in [0.3, 0.4) is 0 Å². The summed E-state index contributed by atoms with van der Waals surface area (Å²) >= 11 is 0. The monoisotopic (exact) mass is 397 g/mol. The van der Waals surface area contributed by atoms with Crippen LogP contribution in [0.4, 0.5) is 20.4 Å². The standard InChI is InChI=1S/C20H17F2N5O2/c21-13-9-15-16(10-14(13)22)27-17(26-20(29)12-5-2-1-3-6-12)11-24-19(27)18(25-15)23-7-4-8-28/h1-3,5-6,9-11,28H,4,7-8H2,(H,23,25)(H,26,29). The van der Waals surface area contributed by atoms with Crippen LogP contribution >= 0.6 is 0 Å². The number of fused-ring (bicyclic) bond motifs is 3. The van der Waals surface area contributed by atoms with E-state index in [0.717, 1.165) is 12.1 Å². The van der Waals surface area contributed by atoms with Crippen LogP contribution in [0.25, 0.3) is 16.7 Å². The van der Waals surface area contributed by atoms with E-state index < -0.39 is 11.6 Å². The van der Waals surface area contributed by atoms with Crippen molar-refractivity contribution in [2.45, 2.75) is 6.42 Å². The molecule has 0 radical (unpaired) electrons. The average Bonchev–Trinajstić information content (AvgIpc) is 3.14. The first-order valence-corrected chi connectivity index (χ1v) is 8.96. The highest BCUT2D eigenvalue weighted by Gasteiger charge is 2.17. The Labute approximate surface area is 164 Å². The molecule has 7 nitrogen and oxygen atoms in total. The lowest BCUT2D eigenvalue weighted by molar-refractivity contribution is 0.102. The molecule has 0 aliphatic carbocycles. The molecule has 0 fully saturated rings. The number of amides is 1. The molecule has 0 aliphatic rings. The fourth-order valence-corrected chi connectivity index (χ4v) is 3.00. The Morgan fingerprint density at radius 3 is 2.66 bits per heavy atom. The average molecular weight is 397 g/mol. The second kappa shape index (κ2) is 7.80. The summed E-state index contributed by atoms with van der Waals surface area (Å²) in [5, 5.41) is 14.8. The Morgan fingerprint density at radius 2 is 1.90 bits per heavy atom. The molecule has 0 unspecified atom stereocenters. The summed E-state index contributed by atoms with van der Waals surface area (Å²) in [5.41, 5.74) is 1.23. The van der Waals surface area contributed by atoms with Crippen LogP contribution in [0.5, 0.6) is 0 Å². The molecule has 3 N–H and O–H groups in total. The van der Waals surface area contributed by atoms with Gasteiger partial charge in [-0.25, -0.2) is 18.7 Å². The van der Waals surface area contributed by atoms with Gasteiger partial charge in [0, 0.05) is 30.8 Å². The summed E-state index contributed by atoms with van der Waals surface area (Å²) in [7, 11) is 0. The van der Waals surface area contributed by atoms with E-state index in [9.17, 15) is 13.6 Å². The van der Waals surface area contributed by atoms with Gasteiger partial charge in [0.1, 0.15) is 5.82 Å². The second-order valence-electron chi connectivity index (χ2n) is 6.34. The lowest BCUT2D eigenvalue weighted by Crippen LogP contribution is -2.14. The molecule has 4 aromatic rings. The quantitative estimate of drug-likeness (QED) is 0.435. The molecule has 2 heterocycles. The molecule has 0 spiro atoms. The number of aliphatic hydroxyl groups is 1. The van der Waals surface area contributed by atoms with Crippen LogP contribution in [0.2, 0.25) is 0 Å². The summed E-state index contributed by atoms with van der Waals surface area (Å²) in [6.45, 7) is 0.399. The summed E-state index contributed by atoms with van der Waals surface area (Å²) in [6, 6.07) is 10.6. The van der Waals surface area contributed by atoms with Gasteiger partial charge < -0.3 is 15.7 Å². The van der Waals surface area contributed by atoms with Gasteiger partial charge in [-0.2, -0.15) is 0 Å². The maximum Gasteiger partial charge on any atom is 0.256 e. The Hall–Kier alpha value is -3.59. The van der Waals surface area contributed by atoms with Crippen molar-refractivity contribution in [2.75, 3.05) is 23.8 Å². The van der Waals surface area contributed by atoms with Gasteiger partial charge in [-0.1, -0.05) is 18.2 Å². The van der Waals surface area contributed by atoms with Crippen molar-refractivity contribution < 1.29 is 18.7 Å². The summed E-state index contributed by atoms with van der Waals surface area (Å²) in [4.78, 5) is 21.2. The molecule has 0 atom stereocenters. The van der Waals surface area contributed by atoms with Crippen LogP contribution in [0, 0.1) is 11.6 Å². The second-order valence-corrected chi connectivity index (χ2v) is 6.34. The number of carbonyl (C=O) groups is 1. The Balaban J connectivity index is 1.85. The van der Waals surface area contributed by atoms with Gasteiger partial charge in [0.15, 0.2) is 23.1 Å². The van der Waals surface area contributed by atoms with Crippen molar-refractivity contribution >= 4 is 34.2 Å². The molecular weight excluding hydrogens is 380 g/mol. The number of anilines is 2. The molecule has 2 aromatic heterocycles. The highest BCUT2D eigenvalue weighted by atomic mass is 19.2. The number of carbonyl (C=O) groups excluding carboxylic acids is 1. The molecule has 0 bridgehead atoms. The maximum absolute atomic E-state index is 13.9. The van der Waals surface area contributed by atoms with Gasteiger partial charge in [-0.05, 0) is 18.6 Å². The fraction of sp³-hybridized carbons (Fsp3) is 0.150. The van der Waals surface area contributed by atoms with Gasteiger partial charge in [-0.3, -0.25) is 9.20 Å². The first-order chi connectivity index (χ1) is 14.1. The molecule has 9 heteroatoms. The Morgan fingerprint density at radius 1 is 1.14 bits per heavy atom. The van der Waals surface area contributed by atoms with E-state index in [1.807, 2.05) is 0 Å². The molecule has 0 saturated carbocycles. The van der Waals surface area contributed by atoms with E-state index in [1.54, 1.807) is 30.3 Å². The third kappa shape index (κ3) is 3.59. The van der Waals surface area contributed by atoms with E-state index in [2.05, 4.69) is 20.6 Å². The van der Waals surface area contributed by atoms with E-state index >= 15 is 0 Å². The minimum Gasteiger partial charge on any atom is -0.396 e. The van der Waals surface area contributed by atoms with Crippen LogP contribution in [0.15, 0.2) is 48.7 Å². The number of halogens is 2. The van der Waals surface area contributed by atoms with Gasteiger partial charge in [0.2, 0.25) is 0 Å². The van der Waals surface area contributed by atoms with Crippen molar-refractivity contribution in [1.29, 1.82) is 0 Å². The fourth-order valence-electron chi connectivity index (χ4n) is 3.00. The minimum absolute atomic E-state index is 0.0104. The van der Waals surface area contributed by atoms with Gasteiger partial charge in [0.25, 0.3) is 5.91 Å². The summed E-state index contributed by atoms with van der Waals surface area (Å²) in [5.74, 6) is -1.80. The van der Waals surface area contributed by atoms with Crippen molar-refractivity contribution in [3.8, 4) is 0 Å². The number of rotatable bonds is 6. The van der Waals surface area contributed by atoms with Crippen molar-refractivity contribution in [3.05, 3.63) is 65.9 Å². The SMILES string of the molecule is O=C(Nc1cnc2c(NCCCO)nc3cc(F)c(F)cc3n12)c1ccccc1. The number of hydrogen-bond donors (Lipinski definition) is 3. The zero-order valence-electron chi connectivity index (χ0n) is 15.2. The molecular formula is C20H17F2N5O2. The van der Waals surface area contributed by atoms with E-state index in [1.165, 1.54) is 10.6 Å². The largest absolute Gasteiger partial charge is 0.396 e. The Kier molecular flexibility index (Phi) is 5.05. The smallest absolute Gasteiger partial charge is 0.256 e. The molecule has 148 valence electrons. The number of aliphatic hydroxyl groups excluding tert-OH is 1. The molecule has 4 rings (SSSR count). The van der Waals surface area contributed by atoms with E-state index in [4.69, 9.17) is 5.11 Å². The number of imidazole rings is 1. The predicted molar refractivity (Wildman–Crippen MR) is 105 cm³/mol. The highest BCUT2D eigenvalue weighted by molar-refractivity contribution is 6.04. The number of nitrogens with zero attached hydrogens (tertiary/aromatic N) is 3. The zero-order chi connectivity index (χ0) is 20.4. The van der Waals surface area contributed by atoms with Gasteiger partial charge in [0.05, 0.1) is 17.2 Å².